The average molecular weight is 292 g/mol. The lowest BCUT2D eigenvalue weighted by molar-refractivity contribution is 0.0949. The second-order valence-corrected chi connectivity index (χ2v) is 5.43. The van der Waals surface area contributed by atoms with E-state index in [2.05, 4.69) is 5.32 Å². The summed E-state index contributed by atoms with van der Waals surface area (Å²) in [6, 6.07) is 7.27. The van der Waals surface area contributed by atoms with Gasteiger partial charge < -0.3 is 20.5 Å². The van der Waals surface area contributed by atoms with Crippen molar-refractivity contribution in [3.8, 4) is 5.75 Å². The largest absolute Gasteiger partial charge is 0.493 e. The highest BCUT2D eigenvalue weighted by Gasteiger charge is 2.28. The molecule has 1 aromatic rings. The van der Waals surface area contributed by atoms with E-state index in [0.717, 1.165) is 6.42 Å². The average Bonchev–Trinajstić information content (AvgIpc) is 3.34. The fourth-order valence-electron chi connectivity index (χ4n) is 2.12. The summed E-state index contributed by atoms with van der Waals surface area (Å²) in [5, 5.41) is 2.88. The highest BCUT2D eigenvalue weighted by molar-refractivity contribution is 5.94. The van der Waals surface area contributed by atoms with Gasteiger partial charge in [0.15, 0.2) is 0 Å². The molecule has 3 N–H and O–H groups in total. The van der Waals surface area contributed by atoms with Gasteiger partial charge in [0.25, 0.3) is 5.91 Å². The Bertz CT molecular complexity index is 461. The first-order chi connectivity index (χ1) is 10.2. The molecule has 0 heterocycles. The van der Waals surface area contributed by atoms with Gasteiger partial charge in [0.05, 0.1) is 6.61 Å². The summed E-state index contributed by atoms with van der Waals surface area (Å²) in [4.78, 5) is 12.1. The van der Waals surface area contributed by atoms with E-state index in [9.17, 15) is 4.79 Å². The Kier molecular flexibility index (Phi) is 6.02. The van der Waals surface area contributed by atoms with Gasteiger partial charge in [0, 0.05) is 38.3 Å². The summed E-state index contributed by atoms with van der Waals surface area (Å²) >= 11 is 0. The normalized spacial score (nSPS) is 15.5. The number of benzene rings is 1. The van der Waals surface area contributed by atoms with Crippen LogP contribution in [0.4, 0.5) is 0 Å². The van der Waals surface area contributed by atoms with Gasteiger partial charge >= 0.3 is 0 Å². The van der Waals surface area contributed by atoms with Crippen LogP contribution in [0.1, 0.15) is 29.6 Å². The number of rotatable bonds is 9. The summed E-state index contributed by atoms with van der Waals surface area (Å²) in [7, 11) is 1.66. The molecule has 1 atom stereocenters. The van der Waals surface area contributed by atoms with Gasteiger partial charge in [-0.05, 0) is 37.0 Å². The molecular weight excluding hydrogens is 268 g/mol. The number of nitrogens with two attached hydrogens (primary N) is 1. The maximum atomic E-state index is 12.1. The molecular formula is C16H24N2O3. The van der Waals surface area contributed by atoms with E-state index in [4.69, 9.17) is 15.2 Å². The minimum atomic E-state index is -0.103. The molecule has 0 aromatic heterocycles. The third-order valence-electron chi connectivity index (χ3n) is 3.58. The van der Waals surface area contributed by atoms with Crippen LogP contribution >= 0.6 is 0 Å². The van der Waals surface area contributed by atoms with Gasteiger partial charge in [0.2, 0.25) is 0 Å². The summed E-state index contributed by atoms with van der Waals surface area (Å²) in [6.07, 6.45) is 3.19. The number of amides is 1. The Labute approximate surface area is 125 Å². The highest BCUT2D eigenvalue weighted by atomic mass is 16.5. The quantitative estimate of drug-likeness (QED) is 0.678. The second-order valence-electron chi connectivity index (χ2n) is 5.43. The topological polar surface area (TPSA) is 73.6 Å². The Balaban J connectivity index is 1.79. The number of carbonyl (C=O) groups excluding carboxylic acids is 1. The van der Waals surface area contributed by atoms with Gasteiger partial charge in [-0.2, -0.15) is 0 Å². The monoisotopic (exact) mass is 292 g/mol. The molecule has 1 unspecified atom stereocenters. The van der Waals surface area contributed by atoms with Crippen molar-refractivity contribution in [2.24, 2.45) is 11.7 Å². The van der Waals surface area contributed by atoms with Crippen molar-refractivity contribution >= 4 is 5.91 Å². The van der Waals surface area contributed by atoms with Crippen LogP contribution in [-0.2, 0) is 4.74 Å². The van der Waals surface area contributed by atoms with Crippen molar-refractivity contribution in [1.82, 2.24) is 5.32 Å². The number of methoxy groups -OCH3 is 1. The van der Waals surface area contributed by atoms with E-state index >= 15 is 0 Å². The molecule has 1 aliphatic rings. The summed E-state index contributed by atoms with van der Waals surface area (Å²) < 4.78 is 10.6. The Morgan fingerprint density at radius 1 is 1.43 bits per heavy atom. The number of nitrogens with one attached hydrogen (secondary N) is 1. The molecule has 1 aliphatic carbocycles. The minimum absolute atomic E-state index is 0.0717. The molecule has 0 saturated heterocycles. The summed E-state index contributed by atoms with van der Waals surface area (Å²) in [5.41, 5.74) is 6.58. The molecule has 21 heavy (non-hydrogen) atoms. The van der Waals surface area contributed by atoms with E-state index in [1.165, 1.54) is 12.8 Å². The molecule has 0 radical (unpaired) electrons. The molecule has 1 fully saturated rings. The van der Waals surface area contributed by atoms with Crippen molar-refractivity contribution in [1.29, 1.82) is 0 Å². The van der Waals surface area contributed by atoms with E-state index in [1.54, 1.807) is 19.2 Å². The smallest absolute Gasteiger partial charge is 0.251 e. The lowest BCUT2D eigenvalue weighted by atomic mass is 10.1. The van der Waals surface area contributed by atoms with Crippen molar-refractivity contribution in [3.05, 3.63) is 29.8 Å². The third-order valence-corrected chi connectivity index (χ3v) is 3.58. The first-order valence-corrected chi connectivity index (χ1v) is 7.46. The van der Waals surface area contributed by atoms with E-state index in [-0.39, 0.29) is 11.9 Å². The molecule has 0 spiro atoms. The SMILES string of the molecule is COCCCOc1cccc(C(=O)NCC(N)C2CC2)c1. The number of carbonyl (C=O) groups is 1. The van der Waals surface area contributed by atoms with Crippen molar-refractivity contribution in [2.45, 2.75) is 25.3 Å². The van der Waals surface area contributed by atoms with Gasteiger partial charge in [0.1, 0.15) is 5.75 Å². The maximum absolute atomic E-state index is 12.1. The molecule has 5 nitrogen and oxygen atoms in total. The van der Waals surface area contributed by atoms with Crippen LogP contribution in [0.2, 0.25) is 0 Å². The zero-order valence-corrected chi connectivity index (χ0v) is 12.5. The lowest BCUT2D eigenvalue weighted by Crippen LogP contribution is -2.38. The van der Waals surface area contributed by atoms with Gasteiger partial charge in [-0.3, -0.25) is 4.79 Å². The van der Waals surface area contributed by atoms with Crippen LogP contribution in [-0.4, -0.2) is 38.8 Å². The maximum Gasteiger partial charge on any atom is 0.251 e. The zero-order valence-electron chi connectivity index (χ0n) is 12.5. The van der Waals surface area contributed by atoms with Gasteiger partial charge in [-0.15, -0.1) is 0 Å². The fraction of sp³-hybridized carbons (Fsp3) is 0.562. The Morgan fingerprint density at radius 2 is 2.24 bits per heavy atom. The molecule has 5 heteroatoms. The molecule has 1 saturated carbocycles. The molecule has 2 rings (SSSR count). The standard InChI is InChI=1S/C16H24N2O3/c1-20-8-3-9-21-14-5-2-4-13(10-14)16(19)18-11-15(17)12-6-7-12/h2,4-5,10,12,15H,3,6-9,11,17H2,1H3,(H,18,19). The number of hydrogen-bond donors (Lipinski definition) is 2. The van der Waals surface area contributed by atoms with E-state index in [0.29, 0.717) is 37.0 Å². The van der Waals surface area contributed by atoms with Crippen molar-refractivity contribution in [3.63, 3.8) is 0 Å². The fourth-order valence-corrected chi connectivity index (χ4v) is 2.12. The Hall–Kier alpha value is -1.59. The first kappa shape index (κ1) is 15.8. The molecule has 1 aromatic carbocycles. The molecule has 0 bridgehead atoms. The third kappa shape index (κ3) is 5.36. The Morgan fingerprint density at radius 3 is 2.95 bits per heavy atom. The first-order valence-electron chi connectivity index (χ1n) is 7.46. The van der Waals surface area contributed by atoms with Crippen LogP contribution in [0.15, 0.2) is 24.3 Å². The van der Waals surface area contributed by atoms with Crippen molar-refractivity contribution < 1.29 is 14.3 Å². The second kappa shape index (κ2) is 8.00. The van der Waals surface area contributed by atoms with Crippen LogP contribution in [0.25, 0.3) is 0 Å². The summed E-state index contributed by atoms with van der Waals surface area (Å²) in [5.74, 6) is 1.18. The highest BCUT2D eigenvalue weighted by Crippen LogP contribution is 2.31. The van der Waals surface area contributed by atoms with Gasteiger partial charge in [-0.25, -0.2) is 0 Å². The predicted molar refractivity (Wildman–Crippen MR) is 81.5 cm³/mol. The van der Waals surface area contributed by atoms with Crippen LogP contribution in [0.5, 0.6) is 5.75 Å². The van der Waals surface area contributed by atoms with Crippen LogP contribution < -0.4 is 15.8 Å². The molecule has 0 aliphatic heterocycles. The van der Waals surface area contributed by atoms with Crippen LogP contribution in [0.3, 0.4) is 0 Å². The van der Waals surface area contributed by atoms with Crippen LogP contribution in [0, 0.1) is 5.92 Å². The lowest BCUT2D eigenvalue weighted by Gasteiger charge is -2.12. The van der Waals surface area contributed by atoms with E-state index < -0.39 is 0 Å². The number of hydrogen-bond acceptors (Lipinski definition) is 4. The zero-order chi connectivity index (χ0) is 15.1. The van der Waals surface area contributed by atoms with Crippen molar-refractivity contribution in [2.75, 3.05) is 26.9 Å². The molecule has 1 amide bonds. The molecule has 116 valence electrons. The van der Waals surface area contributed by atoms with E-state index in [1.807, 2.05) is 12.1 Å². The summed E-state index contributed by atoms with van der Waals surface area (Å²) in [6.45, 7) is 1.77. The minimum Gasteiger partial charge on any atom is -0.493 e. The number of ether oxygens (including phenoxy) is 2. The predicted octanol–water partition coefficient (Wildman–Crippen LogP) is 1.57. The van der Waals surface area contributed by atoms with Gasteiger partial charge in [-0.1, -0.05) is 6.07 Å².